The summed E-state index contributed by atoms with van der Waals surface area (Å²) in [5.41, 5.74) is 3.72. The Morgan fingerprint density at radius 3 is 2.65 bits per heavy atom. The SMILES string of the molecule is COc1ccc2[nH]cc(C3CCN(C(=O)CCc4ccc5ccccc5c4)CC3)c2c1. The quantitative estimate of drug-likeness (QED) is 0.459. The van der Waals surface area contributed by atoms with Gasteiger partial charge >= 0.3 is 0 Å². The van der Waals surface area contributed by atoms with E-state index in [0.29, 0.717) is 12.3 Å². The number of hydrogen-bond acceptors (Lipinski definition) is 2. The first-order valence-electron chi connectivity index (χ1n) is 11.1. The fourth-order valence-corrected chi connectivity index (χ4v) is 4.83. The van der Waals surface area contributed by atoms with E-state index in [1.54, 1.807) is 7.11 Å². The Balaban J connectivity index is 1.19. The van der Waals surface area contributed by atoms with E-state index in [9.17, 15) is 4.79 Å². The predicted octanol–water partition coefficient (Wildman–Crippen LogP) is 5.67. The fraction of sp³-hybridized carbons (Fsp3) is 0.296. The van der Waals surface area contributed by atoms with Gasteiger partial charge in [-0.15, -0.1) is 0 Å². The van der Waals surface area contributed by atoms with Crippen molar-refractivity contribution >= 4 is 27.6 Å². The Kier molecular flexibility index (Phi) is 5.37. The summed E-state index contributed by atoms with van der Waals surface area (Å²) in [5.74, 6) is 1.63. The molecule has 0 radical (unpaired) electrons. The summed E-state index contributed by atoms with van der Waals surface area (Å²) in [6.45, 7) is 1.66. The number of aromatic amines is 1. The number of nitrogens with zero attached hydrogens (tertiary/aromatic N) is 1. The van der Waals surface area contributed by atoms with Crippen molar-refractivity contribution in [3.63, 3.8) is 0 Å². The zero-order valence-electron chi connectivity index (χ0n) is 17.9. The second kappa shape index (κ2) is 8.46. The van der Waals surface area contributed by atoms with Crippen molar-refractivity contribution in [1.82, 2.24) is 9.88 Å². The third kappa shape index (κ3) is 4.02. The summed E-state index contributed by atoms with van der Waals surface area (Å²) in [6, 6.07) is 21.0. The van der Waals surface area contributed by atoms with Crippen molar-refractivity contribution in [3.8, 4) is 5.75 Å². The number of ether oxygens (including phenoxy) is 1. The molecular weight excluding hydrogens is 384 g/mol. The summed E-state index contributed by atoms with van der Waals surface area (Å²) in [6.07, 6.45) is 5.52. The monoisotopic (exact) mass is 412 g/mol. The van der Waals surface area contributed by atoms with Crippen LogP contribution in [0.4, 0.5) is 0 Å². The van der Waals surface area contributed by atoms with Crippen LogP contribution >= 0.6 is 0 Å². The number of likely N-dealkylation sites (tertiary alicyclic amines) is 1. The molecule has 3 aromatic carbocycles. The van der Waals surface area contributed by atoms with Crippen LogP contribution in [0.1, 0.15) is 36.3 Å². The number of aromatic nitrogens is 1. The van der Waals surface area contributed by atoms with Crippen LogP contribution in [0.3, 0.4) is 0 Å². The number of benzene rings is 3. The number of H-pyrrole nitrogens is 1. The first kappa shape index (κ1) is 19.7. The molecule has 2 heterocycles. The molecular formula is C27H28N2O2. The van der Waals surface area contributed by atoms with Crippen LogP contribution in [-0.4, -0.2) is 36.0 Å². The number of fused-ring (bicyclic) bond motifs is 2. The molecule has 0 atom stereocenters. The molecule has 4 nitrogen and oxygen atoms in total. The molecule has 1 aliphatic heterocycles. The molecule has 4 aromatic rings. The lowest BCUT2D eigenvalue weighted by atomic mass is 9.89. The molecule has 4 heteroatoms. The maximum Gasteiger partial charge on any atom is 0.222 e. The van der Waals surface area contributed by atoms with Crippen LogP contribution in [0.5, 0.6) is 5.75 Å². The maximum absolute atomic E-state index is 12.8. The van der Waals surface area contributed by atoms with E-state index in [2.05, 4.69) is 65.8 Å². The average molecular weight is 413 g/mol. The summed E-state index contributed by atoms with van der Waals surface area (Å²) in [7, 11) is 1.70. The molecule has 1 N–H and O–H groups in total. The first-order valence-corrected chi connectivity index (χ1v) is 11.1. The zero-order chi connectivity index (χ0) is 21.2. The molecule has 0 bridgehead atoms. The molecule has 1 amide bonds. The van der Waals surface area contributed by atoms with Gasteiger partial charge in [-0.05, 0) is 65.3 Å². The number of carbonyl (C=O) groups excluding carboxylic acids is 1. The van der Waals surface area contributed by atoms with Gasteiger partial charge in [-0.2, -0.15) is 0 Å². The molecule has 0 spiro atoms. The Morgan fingerprint density at radius 2 is 1.84 bits per heavy atom. The minimum Gasteiger partial charge on any atom is -0.497 e. The molecule has 1 saturated heterocycles. The van der Waals surface area contributed by atoms with Crippen LogP contribution in [0.15, 0.2) is 66.9 Å². The van der Waals surface area contributed by atoms with Crippen molar-refractivity contribution in [1.29, 1.82) is 0 Å². The summed E-state index contributed by atoms with van der Waals surface area (Å²) in [4.78, 5) is 18.3. The maximum atomic E-state index is 12.8. The topological polar surface area (TPSA) is 45.3 Å². The lowest BCUT2D eigenvalue weighted by molar-refractivity contribution is -0.132. The number of rotatable bonds is 5. The van der Waals surface area contributed by atoms with Gasteiger partial charge in [0.2, 0.25) is 5.91 Å². The van der Waals surface area contributed by atoms with E-state index in [4.69, 9.17) is 4.74 Å². The molecule has 31 heavy (non-hydrogen) atoms. The highest BCUT2D eigenvalue weighted by Crippen LogP contribution is 2.34. The van der Waals surface area contributed by atoms with Crippen LogP contribution in [0.25, 0.3) is 21.7 Å². The minimum atomic E-state index is 0.271. The Labute approximate surface area is 182 Å². The lowest BCUT2D eigenvalue weighted by Gasteiger charge is -2.32. The second-order valence-electron chi connectivity index (χ2n) is 8.49. The number of nitrogens with one attached hydrogen (secondary N) is 1. The van der Waals surface area contributed by atoms with E-state index in [1.165, 1.54) is 27.3 Å². The van der Waals surface area contributed by atoms with Gasteiger partial charge in [-0.1, -0.05) is 42.5 Å². The van der Waals surface area contributed by atoms with E-state index in [-0.39, 0.29) is 5.91 Å². The van der Waals surface area contributed by atoms with Crippen LogP contribution in [0, 0.1) is 0 Å². The van der Waals surface area contributed by atoms with Crippen molar-refractivity contribution in [2.75, 3.05) is 20.2 Å². The third-order valence-corrected chi connectivity index (χ3v) is 6.65. The number of aryl methyl sites for hydroxylation is 1. The number of piperidine rings is 1. The van der Waals surface area contributed by atoms with E-state index in [1.807, 2.05) is 11.0 Å². The predicted molar refractivity (Wildman–Crippen MR) is 126 cm³/mol. The number of carbonyl (C=O) groups is 1. The zero-order valence-corrected chi connectivity index (χ0v) is 17.9. The van der Waals surface area contributed by atoms with E-state index < -0.39 is 0 Å². The Morgan fingerprint density at radius 1 is 1.03 bits per heavy atom. The molecule has 5 rings (SSSR count). The second-order valence-corrected chi connectivity index (χ2v) is 8.49. The first-order chi connectivity index (χ1) is 15.2. The van der Waals surface area contributed by atoms with Crippen molar-refractivity contribution in [2.24, 2.45) is 0 Å². The van der Waals surface area contributed by atoms with Crippen LogP contribution < -0.4 is 4.74 Å². The lowest BCUT2D eigenvalue weighted by Crippen LogP contribution is -2.38. The van der Waals surface area contributed by atoms with Crippen LogP contribution in [-0.2, 0) is 11.2 Å². The van der Waals surface area contributed by atoms with Gasteiger partial charge in [0, 0.05) is 36.6 Å². The molecule has 0 unspecified atom stereocenters. The Hall–Kier alpha value is -3.27. The standard InChI is InChI=1S/C27H28N2O2/c1-31-23-9-10-26-24(17-23)25(18-28-26)21-12-14-29(15-13-21)27(30)11-7-19-6-8-20-4-2-3-5-22(20)16-19/h2-6,8-10,16-18,21,28H,7,11-15H2,1H3. The smallest absolute Gasteiger partial charge is 0.222 e. The van der Waals surface area contributed by atoms with Crippen LogP contribution in [0.2, 0.25) is 0 Å². The van der Waals surface area contributed by atoms with Gasteiger partial charge in [0.05, 0.1) is 7.11 Å². The minimum absolute atomic E-state index is 0.271. The number of hydrogen-bond donors (Lipinski definition) is 1. The van der Waals surface area contributed by atoms with E-state index in [0.717, 1.165) is 43.6 Å². The van der Waals surface area contributed by atoms with Gasteiger partial charge in [-0.25, -0.2) is 0 Å². The number of methoxy groups -OCH3 is 1. The summed E-state index contributed by atoms with van der Waals surface area (Å²) < 4.78 is 5.40. The van der Waals surface area contributed by atoms with Gasteiger partial charge in [0.1, 0.15) is 5.75 Å². The fourth-order valence-electron chi connectivity index (χ4n) is 4.83. The summed E-state index contributed by atoms with van der Waals surface area (Å²) >= 11 is 0. The molecule has 1 aromatic heterocycles. The van der Waals surface area contributed by atoms with Gasteiger partial charge < -0.3 is 14.6 Å². The normalized spacial score (nSPS) is 14.9. The summed E-state index contributed by atoms with van der Waals surface area (Å²) in [5, 5.41) is 3.72. The Bertz CT molecular complexity index is 1220. The molecule has 158 valence electrons. The highest BCUT2D eigenvalue weighted by Gasteiger charge is 2.25. The van der Waals surface area contributed by atoms with Gasteiger partial charge in [-0.3, -0.25) is 4.79 Å². The molecule has 1 fully saturated rings. The number of amides is 1. The van der Waals surface area contributed by atoms with Crippen molar-refractivity contribution in [2.45, 2.75) is 31.6 Å². The van der Waals surface area contributed by atoms with E-state index >= 15 is 0 Å². The third-order valence-electron chi connectivity index (χ3n) is 6.65. The molecule has 1 aliphatic rings. The van der Waals surface area contributed by atoms with Crippen molar-refractivity contribution < 1.29 is 9.53 Å². The van der Waals surface area contributed by atoms with Gasteiger partial charge in [0.15, 0.2) is 0 Å². The van der Waals surface area contributed by atoms with Gasteiger partial charge in [0.25, 0.3) is 0 Å². The molecule has 0 saturated carbocycles. The highest BCUT2D eigenvalue weighted by molar-refractivity contribution is 5.85. The largest absolute Gasteiger partial charge is 0.497 e. The average Bonchev–Trinajstić information content (AvgIpc) is 3.25. The highest BCUT2D eigenvalue weighted by atomic mass is 16.5. The van der Waals surface area contributed by atoms with Crippen molar-refractivity contribution in [3.05, 3.63) is 78.0 Å². The molecule has 0 aliphatic carbocycles.